The van der Waals surface area contributed by atoms with E-state index in [1.807, 2.05) is 19.2 Å². The maximum absolute atomic E-state index is 13.1. The number of likely N-dealkylation sites (N-methyl/N-ethyl adjacent to an activating group) is 1. The first-order valence-electron chi connectivity index (χ1n) is 10.6. The maximum Gasteiger partial charge on any atom is 0.340 e. The molecule has 0 radical (unpaired) electrons. The first-order chi connectivity index (χ1) is 13.9. The summed E-state index contributed by atoms with van der Waals surface area (Å²) in [6.07, 6.45) is 6.78. The Morgan fingerprint density at radius 2 is 2.17 bits per heavy atom. The van der Waals surface area contributed by atoms with Gasteiger partial charge in [-0.05, 0) is 24.1 Å². The van der Waals surface area contributed by atoms with Gasteiger partial charge in [-0.2, -0.15) is 0 Å². The zero-order chi connectivity index (χ0) is 20.6. The van der Waals surface area contributed by atoms with Gasteiger partial charge in [0.2, 0.25) is 0 Å². The molecule has 2 fully saturated rings. The Bertz CT molecular complexity index is 901. The predicted octanol–water partition coefficient (Wildman–Crippen LogP) is 0.683. The molecule has 1 saturated carbocycles. The number of esters is 1. The molecule has 156 valence electrons. The summed E-state index contributed by atoms with van der Waals surface area (Å²) < 4.78 is 10.7. The van der Waals surface area contributed by atoms with Crippen molar-refractivity contribution in [1.29, 1.82) is 0 Å². The molecule has 3 heterocycles. The van der Waals surface area contributed by atoms with E-state index in [0.717, 1.165) is 37.4 Å². The van der Waals surface area contributed by atoms with Gasteiger partial charge in [0.05, 0.1) is 38.8 Å². The van der Waals surface area contributed by atoms with Gasteiger partial charge in [0.15, 0.2) is 5.60 Å². The zero-order valence-electron chi connectivity index (χ0n) is 17.7. The zero-order valence-corrected chi connectivity index (χ0v) is 17.7. The molecule has 6 atom stereocenters. The quantitative estimate of drug-likeness (QED) is 0.578. The Kier molecular flexibility index (Phi) is 3.91. The van der Waals surface area contributed by atoms with Gasteiger partial charge in [-0.3, -0.25) is 0 Å². The number of hydrogen-bond acceptors (Lipinski definition) is 5. The molecule has 1 saturated heterocycles. The Hall–Kier alpha value is -2.05. The highest BCUT2D eigenvalue weighted by Crippen LogP contribution is 2.63. The number of fused-ring (bicyclic) bond motifs is 1. The first kappa shape index (κ1) is 18.9. The molecule has 0 bridgehead atoms. The molecule has 2 N–H and O–H groups in total. The number of nitrogens with zero attached hydrogens (tertiary/aromatic N) is 1. The van der Waals surface area contributed by atoms with Crippen LogP contribution < -0.4 is 14.5 Å². The van der Waals surface area contributed by atoms with Crippen molar-refractivity contribution in [3.63, 3.8) is 0 Å². The number of methoxy groups -OCH3 is 2. The van der Waals surface area contributed by atoms with Crippen LogP contribution in [0.2, 0.25) is 0 Å². The van der Waals surface area contributed by atoms with Crippen molar-refractivity contribution in [2.75, 3.05) is 39.3 Å². The highest BCUT2D eigenvalue weighted by Gasteiger charge is 2.77. The highest BCUT2D eigenvalue weighted by molar-refractivity contribution is 5.85. The van der Waals surface area contributed by atoms with Crippen LogP contribution in [0.1, 0.15) is 31.7 Å². The molecule has 1 spiro atoms. The van der Waals surface area contributed by atoms with Crippen LogP contribution in [0.15, 0.2) is 30.4 Å². The third kappa shape index (κ3) is 2.06. The normalized spacial score (nSPS) is 41.6. The molecule has 0 aromatic heterocycles. The highest BCUT2D eigenvalue weighted by atomic mass is 16.5. The molecule has 5 rings (SSSR count). The van der Waals surface area contributed by atoms with E-state index in [9.17, 15) is 9.90 Å². The smallest absolute Gasteiger partial charge is 0.340 e. The Balaban J connectivity index is 1.81. The van der Waals surface area contributed by atoms with Crippen LogP contribution in [0, 0.1) is 5.41 Å². The lowest BCUT2D eigenvalue weighted by Gasteiger charge is -2.58. The molecule has 6 heteroatoms. The van der Waals surface area contributed by atoms with Gasteiger partial charge in [0.25, 0.3) is 0 Å². The van der Waals surface area contributed by atoms with Crippen molar-refractivity contribution >= 4 is 11.7 Å². The fraction of sp³-hybridized carbons (Fsp3) is 0.609. The van der Waals surface area contributed by atoms with Gasteiger partial charge in [-0.15, -0.1) is 0 Å². The molecule has 1 aromatic carbocycles. The second-order valence-electron chi connectivity index (χ2n) is 9.31. The summed E-state index contributed by atoms with van der Waals surface area (Å²) in [5, 5.41) is 12.0. The summed E-state index contributed by atoms with van der Waals surface area (Å²) in [5.41, 5.74) is 0.194. The van der Waals surface area contributed by atoms with Gasteiger partial charge < -0.3 is 24.4 Å². The van der Waals surface area contributed by atoms with Crippen LogP contribution in [0.25, 0.3) is 0 Å². The predicted molar refractivity (Wildman–Crippen MR) is 109 cm³/mol. The lowest BCUT2D eigenvalue weighted by Crippen LogP contribution is -3.17. The molecular formula is C23H31N2O4+. The SMILES string of the molecule is CC[C@]12C=CC[NH+]3CC[C@]4(c5ccc(OC)cc5N(C)[C@H]4[C@@](O)(C(=O)OC)C1)[C@@H]32. The van der Waals surface area contributed by atoms with E-state index in [1.54, 1.807) is 12.0 Å². The number of carbonyl (C=O) groups excluding carboxylic acids is 1. The molecule has 29 heavy (non-hydrogen) atoms. The summed E-state index contributed by atoms with van der Waals surface area (Å²) in [7, 11) is 5.05. The van der Waals surface area contributed by atoms with Crippen LogP contribution in [0.5, 0.6) is 5.75 Å². The largest absolute Gasteiger partial charge is 0.497 e. The topological polar surface area (TPSA) is 63.4 Å². The lowest BCUT2D eigenvalue weighted by atomic mass is 9.49. The Morgan fingerprint density at radius 1 is 1.38 bits per heavy atom. The summed E-state index contributed by atoms with van der Waals surface area (Å²) in [6, 6.07) is 6.20. The number of nitrogens with one attached hydrogen (secondary N) is 1. The average molecular weight is 400 g/mol. The number of quaternary nitrogens is 1. The van der Waals surface area contributed by atoms with Gasteiger partial charge in [-0.1, -0.05) is 19.1 Å². The lowest BCUT2D eigenvalue weighted by molar-refractivity contribution is -0.919. The van der Waals surface area contributed by atoms with E-state index in [0.29, 0.717) is 12.5 Å². The van der Waals surface area contributed by atoms with Crippen LogP contribution in [0.3, 0.4) is 0 Å². The van der Waals surface area contributed by atoms with E-state index < -0.39 is 11.6 Å². The summed E-state index contributed by atoms with van der Waals surface area (Å²) in [6.45, 7) is 4.24. The molecule has 6 nitrogen and oxygen atoms in total. The maximum atomic E-state index is 13.1. The number of hydrogen-bond donors (Lipinski definition) is 2. The standard InChI is InChI=1S/C23H30N2O4/c1-5-21-9-6-11-25-12-10-22(18(21)25)16-8-7-15(28-3)13-17(16)24(2)19(22)23(27,14-21)20(26)29-4/h6-9,13,18-19,27H,5,10-12,14H2,1-4H3/p+1/t18-,19+,21-,22-,23+/m0/s1. The van der Waals surface area contributed by atoms with Gasteiger partial charge in [0, 0.05) is 37.1 Å². The second kappa shape index (κ2) is 5.99. The van der Waals surface area contributed by atoms with Crippen molar-refractivity contribution in [2.24, 2.45) is 5.41 Å². The van der Waals surface area contributed by atoms with Gasteiger partial charge >= 0.3 is 5.97 Å². The van der Waals surface area contributed by atoms with Crippen molar-refractivity contribution < 1.29 is 24.3 Å². The van der Waals surface area contributed by atoms with Gasteiger partial charge in [0.1, 0.15) is 11.8 Å². The summed E-state index contributed by atoms with van der Waals surface area (Å²) in [5.74, 6) is 0.270. The Morgan fingerprint density at radius 3 is 2.86 bits per heavy atom. The molecule has 0 amide bonds. The van der Waals surface area contributed by atoms with Crippen molar-refractivity contribution in [3.05, 3.63) is 35.9 Å². The minimum absolute atomic E-state index is 0.230. The van der Waals surface area contributed by atoms with Crippen LogP contribution >= 0.6 is 0 Å². The minimum atomic E-state index is -1.57. The number of ether oxygens (including phenoxy) is 2. The molecule has 1 aromatic rings. The van der Waals surface area contributed by atoms with Crippen molar-refractivity contribution in [2.45, 2.75) is 49.3 Å². The van der Waals surface area contributed by atoms with Crippen LogP contribution in [-0.2, 0) is 14.9 Å². The number of aliphatic hydroxyl groups is 1. The van der Waals surface area contributed by atoms with Crippen molar-refractivity contribution in [3.8, 4) is 5.75 Å². The second-order valence-corrected chi connectivity index (χ2v) is 9.31. The number of anilines is 1. The molecule has 1 unspecified atom stereocenters. The number of rotatable bonds is 3. The minimum Gasteiger partial charge on any atom is -0.497 e. The van der Waals surface area contributed by atoms with Crippen LogP contribution in [0.4, 0.5) is 5.69 Å². The van der Waals surface area contributed by atoms with E-state index >= 15 is 0 Å². The summed E-state index contributed by atoms with van der Waals surface area (Å²) in [4.78, 5) is 16.8. The summed E-state index contributed by atoms with van der Waals surface area (Å²) >= 11 is 0. The average Bonchev–Trinajstić information content (AvgIpc) is 3.25. The van der Waals surface area contributed by atoms with Gasteiger partial charge in [-0.25, -0.2) is 4.79 Å². The Labute approximate surface area is 172 Å². The number of carbonyl (C=O) groups is 1. The third-order valence-corrected chi connectivity index (χ3v) is 8.40. The monoisotopic (exact) mass is 399 g/mol. The first-order valence-corrected chi connectivity index (χ1v) is 10.6. The van der Waals surface area contributed by atoms with Crippen LogP contribution in [-0.4, -0.2) is 63.1 Å². The van der Waals surface area contributed by atoms with E-state index in [1.165, 1.54) is 12.7 Å². The van der Waals surface area contributed by atoms with E-state index in [4.69, 9.17) is 9.47 Å². The molecule has 3 aliphatic heterocycles. The fourth-order valence-electron chi connectivity index (χ4n) is 7.55. The van der Waals surface area contributed by atoms with Crippen molar-refractivity contribution in [1.82, 2.24) is 0 Å². The van der Waals surface area contributed by atoms with E-state index in [2.05, 4.69) is 30.0 Å². The molecule has 1 aliphatic carbocycles. The molecule has 4 aliphatic rings. The van der Waals surface area contributed by atoms with E-state index in [-0.39, 0.29) is 16.9 Å². The molecular weight excluding hydrogens is 368 g/mol. The number of benzene rings is 1. The third-order valence-electron chi connectivity index (χ3n) is 8.40. The fourth-order valence-corrected chi connectivity index (χ4v) is 7.55.